The van der Waals surface area contributed by atoms with E-state index >= 15 is 0 Å². The van der Waals surface area contributed by atoms with Crippen molar-refractivity contribution in [3.63, 3.8) is 0 Å². The van der Waals surface area contributed by atoms with E-state index in [-0.39, 0.29) is 18.1 Å². The summed E-state index contributed by atoms with van der Waals surface area (Å²) in [7, 11) is 0. The summed E-state index contributed by atoms with van der Waals surface area (Å²) in [6.45, 7) is 7.37. The summed E-state index contributed by atoms with van der Waals surface area (Å²) in [5.41, 5.74) is 0. The Labute approximate surface area is 144 Å². The molecule has 0 aromatic carbocycles. The lowest BCUT2D eigenvalue weighted by atomic mass is 10.0. The van der Waals surface area contributed by atoms with Crippen molar-refractivity contribution in [3.05, 3.63) is 24.2 Å². The summed E-state index contributed by atoms with van der Waals surface area (Å²) >= 11 is 0. The highest BCUT2D eigenvalue weighted by Gasteiger charge is 2.21. The van der Waals surface area contributed by atoms with Crippen LogP contribution >= 0.6 is 0 Å². The molecule has 2 heterocycles. The highest BCUT2D eigenvalue weighted by Crippen LogP contribution is 2.18. The zero-order valence-electron chi connectivity index (χ0n) is 14.8. The van der Waals surface area contributed by atoms with Gasteiger partial charge >= 0.3 is 6.03 Å². The molecule has 2 atom stereocenters. The normalized spacial score (nSPS) is 19.0. The third-order valence-electron chi connectivity index (χ3n) is 4.58. The Morgan fingerprint density at radius 2 is 2.21 bits per heavy atom. The number of urea groups is 1. The van der Waals surface area contributed by atoms with Crippen molar-refractivity contribution < 1.29 is 14.3 Å². The van der Waals surface area contributed by atoms with Gasteiger partial charge in [0.2, 0.25) is 0 Å². The van der Waals surface area contributed by atoms with Crippen molar-refractivity contribution in [2.45, 2.75) is 64.1 Å². The van der Waals surface area contributed by atoms with E-state index < -0.39 is 6.10 Å². The molecule has 0 saturated carbocycles. The summed E-state index contributed by atoms with van der Waals surface area (Å²) in [5.74, 6) is 0.531. The van der Waals surface area contributed by atoms with Crippen LogP contribution in [-0.2, 0) is 0 Å². The van der Waals surface area contributed by atoms with E-state index in [1.807, 2.05) is 6.92 Å². The number of aliphatic hydroxyl groups excluding tert-OH is 1. The lowest BCUT2D eigenvalue weighted by molar-refractivity contribution is 0.129. The third kappa shape index (κ3) is 6.17. The molecule has 6 nitrogen and oxygen atoms in total. The molecule has 1 aromatic rings. The highest BCUT2D eigenvalue weighted by atomic mass is 16.4. The summed E-state index contributed by atoms with van der Waals surface area (Å²) in [4.78, 5) is 14.6. The van der Waals surface area contributed by atoms with Crippen LogP contribution < -0.4 is 10.6 Å². The number of carbonyl (C=O) groups excluding carboxylic acids is 1. The molecule has 1 aliphatic heterocycles. The molecule has 3 N–H and O–H groups in total. The molecule has 136 valence electrons. The van der Waals surface area contributed by atoms with E-state index in [1.165, 1.54) is 19.1 Å². The van der Waals surface area contributed by atoms with Crippen LogP contribution in [0.5, 0.6) is 0 Å². The SMILES string of the molecule is CCCCN1CCC(NC(=O)NC(C)CC(O)c2ccco2)CC1. The van der Waals surface area contributed by atoms with Gasteiger partial charge in [-0.3, -0.25) is 0 Å². The number of nitrogens with zero attached hydrogens (tertiary/aromatic N) is 1. The molecule has 24 heavy (non-hydrogen) atoms. The number of rotatable bonds is 8. The Balaban J connectivity index is 1.64. The molecule has 2 amide bonds. The van der Waals surface area contributed by atoms with Gasteiger partial charge in [-0.15, -0.1) is 0 Å². The minimum atomic E-state index is -0.697. The van der Waals surface area contributed by atoms with Gasteiger partial charge in [0.05, 0.1) is 6.26 Å². The van der Waals surface area contributed by atoms with Gasteiger partial charge in [0, 0.05) is 31.6 Å². The average Bonchev–Trinajstić information content (AvgIpc) is 3.08. The molecule has 1 fully saturated rings. The Kier molecular flexibility index (Phi) is 7.59. The molecule has 1 saturated heterocycles. The van der Waals surface area contributed by atoms with Gasteiger partial charge in [-0.05, 0) is 44.9 Å². The number of amides is 2. The van der Waals surface area contributed by atoms with Crippen LogP contribution in [0, 0.1) is 0 Å². The number of unbranched alkanes of at least 4 members (excludes halogenated alkanes) is 1. The first-order valence-corrected chi connectivity index (χ1v) is 9.09. The van der Waals surface area contributed by atoms with Gasteiger partial charge in [0.25, 0.3) is 0 Å². The molecule has 1 aliphatic rings. The number of piperidine rings is 1. The summed E-state index contributed by atoms with van der Waals surface area (Å²) in [6, 6.07) is 3.45. The van der Waals surface area contributed by atoms with Gasteiger partial charge in [-0.1, -0.05) is 13.3 Å². The fourth-order valence-electron chi connectivity index (χ4n) is 3.12. The summed E-state index contributed by atoms with van der Waals surface area (Å²) in [6.07, 6.45) is 5.74. The number of hydrogen-bond donors (Lipinski definition) is 3. The zero-order chi connectivity index (χ0) is 17.4. The number of nitrogens with one attached hydrogen (secondary N) is 2. The second-order valence-corrected chi connectivity index (χ2v) is 6.76. The van der Waals surface area contributed by atoms with E-state index in [4.69, 9.17) is 4.42 Å². The minimum absolute atomic E-state index is 0.130. The van der Waals surface area contributed by atoms with Crippen molar-refractivity contribution >= 4 is 6.03 Å². The van der Waals surface area contributed by atoms with Crippen molar-refractivity contribution in [1.29, 1.82) is 0 Å². The molecule has 0 aliphatic carbocycles. The van der Waals surface area contributed by atoms with Gasteiger partial charge in [0.1, 0.15) is 11.9 Å². The van der Waals surface area contributed by atoms with E-state index in [9.17, 15) is 9.90 Å². The maximum absolute atomic E-state index is 12.1. The number of furan rings is 1. The van der Waals surface area contributed by atoms with Crippen molar-refractivity contribution in [2.24, 2.45) is 0 Å². The Morgan fingerprint density at radius 1 is 1.46 bits per heavy atom. The van der Waals surface area contributed by atoms with Gasteiger partial charge in [-0.25, -0.2) is 4.79 Å². The number of hydrogen-bond acceptors (Lipinski definition) is 4. The average molecular weight is 337 g/mol. The zero-order valence-corrected chi connectivity index (χ0v) is 14.8. The number of likely N-dealkylation sites (tertiary alicyclic amines) is 1. The molecule has 2 rings (SSSR count). The lowest BCUT2D eigenvalue weighted by Gasteiger charge is -2.32. The Bertz CT molecular complexity index is 470. The maximum Gasteiger partial charge on any atom is 0.315 e. The van der Waals surface area contributed by atoms with Gasteiger partial charge in [-0.2, -0.15) is 0 Å². The van der Waals surface area contributed by atoms with Crippen molar-refractivity contribution in [3.8, 4) is 0 Å². The summed E-state index contributed by atoms with van der Waals surface area (Å²) < 4.78 is 5.18. The first-order chi connectivity index (χ1) is 11.6. The smallest absolute Gasteiger partial charge is 0.315 e. The molecular weight excluding hydrogens is 306 g/mol. The molecule has 0 radical (unpaired) electrons. The second kappa shape index (κ2) is 9.69. The molecular formula is C18H31N3O3. The van der Waals surface area contributed by atoms with Gasteiger partial charge in [0.15, 0.2) is 0 Å². The minimum Gasteiger partial charge on any atom is -0.467 e. The topological polar surface area (TPSA) is 77.7 Å². The highest BCUT2D eigenvalue weighted by molar-refractivity contribution is 5.74. The Hall–Kier alpha value is -1.53. The fraction of sp³-hybridized carbons (Fsp3) is 0.722. The molecule has 6 heteroatoms. The molecule has 2 unspecified atom stereocenters. The summed E-state index contributed by atoms with van der Waals surface area (Å²) in [5, 5.41) is 16.0. The molecule has 1 aromatic heterocycles. The molecule has 0 bridgehead atoms. The lowest BCUT2D eigenvalue weighted by Crippen LogP contribution is -2.49. The van der Waals surface area contributed by atoms with Gasteiger partial charge < -0.3 is 25.1 Å². The first-order valence-electron chi connectivity index (χ1n) is 9.09. The third-order valence-corrected chi connectivity index (χ3v) is 4.58. The van der Waals surface area contributed by atoms with Crippen LogP contribution in [0.25, 0.3) is 0 Å². The number of carbonyl (C=O) groups is 1. The van der Waals surface area contributed by atoms with E-state index in [2.05, 4.69) is 22.5 Å². The largest absolute Gasteiger partial charge is 0.467 e. The second-order valence-electron chi connectivity index (χ2n) is 6.76. The predicted octanol–water partition coefficient (Wildman–Crippen LogP) is 2.66. The maximum atomic E-state index is 12.1. The quantitative estimate of drug-likeness (QED) is 0.681. The van der Waals surface area contributed by atoms with Crippen LogP contribution in [0.3, 0.4) is 0 Å². The molecule has 0 spiro atoms. The monoisotopic (exact) mass is 337 g/mol. The fourth-order valence-corrected chi connectivity index (χ4v) is 3.12. The van der Waals surface area contributed by atoms with E-state index in [0.29, 0.717) is 12.2 Å². The van der Waals surface area contributed by atoms with Crippen LogP contribution in [0.2, 0.25) is 0 Å². The van der Waals surface area contributed by atoms with E-state index in [0.717, 1.165) is 32.5 Å². The predicted molar refractivity (Wildman–Crippen MR) is 93.8 cm³/mol. The van der Waals surface area contributed by atoms with Crippen LogP contribution in [0.15, 0.2) is 22.8 Å². The standard InChI is InChI=1S/C18H31N3O3/c1-3-4-9-21-10-7-15(8-11-21)20-18(23)19-14(2)13-16(22)17-6-5-12-24-17/h5-6,12,14-16,22H,3-4,7-11,13H2,1-2H3,(H2,19,20,23). The first kappa shape index (κ1) is 18.8. The van der Waals surface area contributed by atoms with E-state index in [1.54, 1.807) is 12.1 Å². The van der Waals surface area contributed by atoms with Crippen molar-refractivity contribution in [2.75, 3.05) is 19.6 Å². The number of aliphatic hydroxyl groups is 1. The van der Waals surface area contributed by atoms with Crippen LogP contribution in [-0.4, -0.2) is 47.8 Å². The van der Waals surface area contributed by atoms with Crippen LogP contribution in [0.1, 0.15) is 57.8 Å². The van der Waals surface area contributed by atoms with Crippen LogP contribution in [0.4, 0.5) is 4.79 Å². The van der Waals surface area contributed by atoms with Crippen molar-refractivity contribution in [1.82, 2.24) is 15.5 Å². The Morgan fingerprint density at radius 3 is 2.83 bits per heavy atom.